The van der Waals surface area contributed by atoms with Gasteiger partial charge in [-0.3, -0.25) is 10.1 Å². The topological polar surface area (TPSA) is 78.7 Å². The molecule has 0 radical (unpaired) electrons. The maximum atomic E-state index is 11.9. The Kier molecular flexibility index (Phi) is 5.08. The lowest BCUT2D eigenvalue weighted by Crippen LogP contribution is -2.08. The second-order valence-corrected chi connectivity index (χ2v) is 4.51. The highest BCUT2D eigenvalue weighted by Crippen LogP contribution is 2.19. The Hall–Kier alpha value is -2.89. The zero-order valence-corrected chi connectivity index (χ0v) is 12.0. The van der Waals surface area contributed by atoms with Crippen LogP contribution in [0, 0.1) is 10.1 Å². The molecule has 0 spiro atoms. The first-order chi connectivity index (χ1) is 10.6. The molecule has 0 aliphatic rings. The van der Waals surface area contributed by atoms with E-state index in [1.165, 1.54) is 24.3 Å². The summed E-state index contributed by atoms with van der Waals surface area (Å²) in [5, 5.41) is 10.6. The zero-order chi connectivity index (χ0) is 15.9. The van der Waals surface area contributed by atoms with E-state index >= 15 is 0 Å². The van der Waals surface area contributed by atoms with E-state index in [4.69, 9.17) is 9.47 Å². The fourth-order valence-corrected chi connectivity index (χ4v) is 1.71. The van der Waals surface area contributed by atoms with Gasteiger partial charge in [-0.1, -0.05) is 6.92 Å². The predicted octanol–water partition coefficient (Wildman–Crippen LogP) is 3.60. The number of rotatable bonds is 6. The Balaban J connectivity index is 2.00. The number of benzene rings is 2. The van der Waals surface area contributed by atoms with Crippen LogP contribution in [-0.2, 0) is 0 Å². The number of non-ortho nitro benzene ring substituents is 1. The third-order valence-electron chi connectivity index (χ3n) is 2.82. The van der Waals surface area contributed by atoms with Gasteiger partial charge in [-0.25, -0.2) is 4.79 Å². The average Bonchev–Trinajstić information content (AvgIpc) is 2.54. The van der Waals surface area contributed by atoms with Crippen LogP contribution >= 0.6 is 0 Å². The summed E-state index contributed by atoms with van der Waals surface area (Å²) in [5.41, 5.74) is 0.172. The van der Waals surface area contributed by atoms with Crippen LogP contribution in [0.1, 0.15) is 23.7 Å². The van der Waals surface area contributed by atoms with Gasteiger partial charge in [0.2, 0.25) is 0 Å². The molecule has 0 aliphatic carbocycles. The summed E-state index contributed by atoms with van der Waals surface area (Å²) in [4.78, 5) is 22.0. The van der Waals surface area contributed by atoms with E-state index in [0.717, 1.165) is 6.42 Å². The van der Waals surface area contributed by atoms with Crippen molar-refractivity contribution >= 4 is 11.7 Å². The van der Waals surface area contributed by atoms with Crippen molar-refractivity contribution in [1.29, 1.82) is 0 Å². The van der Waals surface area contributed by atoms with Gasteiger partial charge in [0, 0.05) is 12.1 Å². The van der Waals surface area contributed by atoms with E-state index in [1.54, 1.807) is 24.3 Å². The standard InChI is InChI=1S/C16H15NO5/c1-2-11-21-14-7-9-15(10-8-14)22-16(18)12-3-5-13(6-4-12)17(19)20/h3-10H,2,11H2,1H3. The summed E-state index contributed by atoms with van der Waals surface area (Å²) in [5.74, 6) is 0.515. The molecular weight excluding hydrogens is 286 g/mol. The van der Waals surface area contributed by atoms with E-state index in [2.05, 4.69) is 0 Å². The monoisotopic (exact) mass is 301 g/mol. The molecule has 0 unspecified atom stereocenters. The Bertz CT molecular complexity index is 649. The molecule has 0 bridgehead atoms. The Morgan fingerprint density at radius 1 is 1.05 bits per heavy atom. The van der Waals surface area contributed by atoms with Crippen molar-refractivity contribution < 1.29 is 19.2 Å². The number of nitro groups is 1. The van der Waals surface area contributed by atoms with Crippen molar-refractivity contribution in [1.82, 2.24) is 0 Å². The molecule has 6 heteroatoms. The van der Waals surface area contributed by atoms with Gasteiger partial charge < -0.3 is 9.47 Å². The first-order valence-corrected chi connectivity index (χ1v) is 6.79. The Morgan fingerprint density at radius 3 is 2.18 bits per heavy atom. The zero-order valence-electron chi connectivity index (χ0n) is 12.0. The summed E-state index contributed by atoms with van der Waals surface area (Å²) >= 11 is 0. The molecule has 2 rings (SSSR count). The normalized spacial score (nSPS) is 10.0. The number of carbonyl (C=O) groups excluding carboxylic acids is 1. The van der Waals surface area contributed by atoms with E-state index in [0.29, 0.717) is 18.1 Å². The molecule has 2 aromatic carbocycles. The maximum Gasteiger partial charge on any atom is 0.343 e. The molecule has 0 N–H and O–H groups in total. The van der Waals surface area contributed by atoms with Crippen molar-refractivity contribution in [2.75, 3.05) is 6.61 Å². The van der Waals surface area contributed by atoms with Crippen LogP contribution in [0.15, 0.2) is 48.5 Å². The predicted molar refractivity (Wildman–Crippen MR) is 80.3 cm³/mol. The van der Waals surface area contributed by atoms with Crippen LogP contribution in [-0.4, -0.2) is 17.5 Å². The second-order valence-electron chi connectivity index (χ2n) is 4.51. The highest BCUT2D eigenvalue weighted by atomic mass is 16.6. The fraction of sp³-hybridized carbons (Fsp3) is 0.188. The van der Waals surface area contributed by atoms with Crippen molar-refractivity contribution in [2.24, 2.45) is 0 Å². The first-order valence-electron chi connectivity index (χ1n) is 6.79. The molecule has 0 atom stereocenters. The highest BCUT2D eigenvalue weighted by molar-refractivity contribution is 5.91. The van der Waals surface area contributed by atoms with Crippen LogP contribution in [0.25, 0.3) is 0 Å². The minimum Gasteiger partial charge on any atom is -0.494 e. The number of hydrogen-bond donors (Lipinski definition) is 0. The number of nitro benzene ring substituents is 1. The summed E-state index contributed by atoms with van der Waals surface area (Å²) in [6.07, 6.45) is 0.914. The second kappa shape index (κ2) is 7.21. The molecule has 0 fully saturated rings. The lowest BCUT2D eigenvalue weighted by molar-refractivity contribution is -0.384. The van der Waals surface area contributed by atoms with Gasteiger partial charge >= 0.3 is 5.97 Å². The van der Waals surface area contributed by atoms with Crippen molar-refractivity contribution in [2.45, 2.75) is 13.3 Å². The molecule has 0 aromatic heterocycles. The maximum absolute atomic E-state index is 11.9. The number of carbonyl (C=O) groups is 1. The van der Waals surface area contributed by atoms with Gasteiger partial charge in [0.1, 0.15) is 11.5 Å². The summed E-state index contributed by atoms with van der Waals surface area (Å²) in [6.45, 7) is 2.64. The molecule has 6 nitrogen and oxygen atoms in total. The van der Waals surface area contributed by atoms with Gasteiger partial charge in [-0.2, -0.15) is 0 Å². The smallest absolute Gasteiger partial charge is 0.343 e. The van der Waals surface area contributed by atoms with Crippen LogP contribution in [0.5, 0.6) is 11.5 Å². The Labute approximate surface area is 127 Å². The molecule has 2 aromatic rings. The van der Waals surface area contributed by atoms with Crippen LogP contribution in [0.2, 0.25) is 0 Å². The average molecular weight is 301 g/mol. The molecule has 114 valence electrons. The lowest BCUT2D eigenvalue weighted by Gasteiger charge is -2.07. The molecule has 0 amide bonds. The Morgan fingerprint density at radius 2 is 1.64 bits per heavy atom. The van der Waals surface area contributed by atoms with Crippen molar-refractivity contribution in [3.05, 3.63) is 64.2 Å². The third-order valence-corrected chi connectivity index (χ3v) is 2.82. The van der Waals surface area contributed by atoms with Gasteiger partial charge in [-0.05, 0) is 42.8 Å². The molecule has 0 saturated carbocycles. The number of esters is 1. The molecular formula is C16H15NO5. The minimum atomic E-state index is -0.572. The van der Waals surface area contributed by atoms with Crippen LogP contribution in [0.3, 0.4) is 0 Å². The van der Waals surface area contributed by atoms with E-state index < -0.39 is 10.9 Å². The minimum absolute atomic E-state index is 0.0750. The SMILES string of the molecule is CCCOc1ccc(OC(=O)c2ccc([N+](=O)[O-])cc2)cc1. The number of ether oxygens (including phenoxy) is 2. The van der Waals surface area contributed by atoms with E-state index in [9.17, 15) is 14.9 Å². The summed E-state index contributed by atoms with van der Waals surface area (Å²) in [7, 11) is 0. The largest absolute Gasteiger partial charge is 0.494 e. The molecule has 0 heterocycles. The summed E-state index contributed by atoms with van der Waals surface area (Å²) < 4.78 is 10.6. The highest BCUT2D eigenvalue weighted by Gasteiger charge is 2.11. The van der Waals surface area contributed by atoms with Crippen LogP contribution in [0.4, 0.5) is 5.69 Å². The number of nitrogens with zero attached hydrogens (tertiary/aromatic N) is 1. The summed E-state index contributed by atoms with van der Waals surface area (Å²) in [6, 6.07) is 11.9. The fourth-order valence-electron chi connectivity index (χ4n) is 1.71. The third kappa shape index (κ3) is 4.05. The van der Waals surface area contributed by atoms with Gasteiger partial charge in [0.05, 0.1) is 17.1 Å². The van der Waals surface area contributed by atoms with Crippen LogP contribution < -0.4 is 9.47 Å². The molecule has 0 aliphatic heterocycles. The van der Waals surface area contributed by atoms with Crippen molar-refractivity contribution in [3.8, 4) is 11.5 Å². The quantitative estimate of drug-likeness (QED) is 0.352. The molecule has 0 saturated heterocycles. The van der Waals surface area contributed by atoms with E-state index in [1.807, 2.05) is 6.92 Å². The van der Waals surface area contributed by atoms with Crippen molar-refractivity contribution in [3.63, 3.8) is 0 Å². The van der Waals surface area contributed by atoms with E-state index in [-0.39, 0.29) is 11.3 Å². The number of hydrogen-bond acceptors (Lipinski definition) is 5. The van der Waals surface area contributed by atoms with Gasteiger partial charge in [-0.15, -0.1) is 0 Å². The molecule has 22 heavy (non-hydrogen) atoms. The first kappa shape index (κ1) is 15.5. The lowest BCUT2D eigenvalue weighted by atomic mass is 10.2. The van der Waals surface area contributed by atoms with Gasteiger partial charge in [0.15, 0.2) is 0 Å². The van der Waals surface area contributed by atoms with Gasteiger partial charge in [0.25, 0.3) is 5.69 Å².